The number of morpholine rings is 1. The minimum atomic E-state index is -1.23. The molecule has 1 N–H and O–H groups in total. The van der Waals surface area contributed by atoms with Gasteiger partial charge in [-0.1, -0.05) is 82.7 Å². The molecule has 2 aliphatic heterocycles. The van der Waals surface area contributed by atoms with Crippen LogP contribution in [0.5, 0.6) is 5.75 Å². The summed E-state index contributed by atoms with van der Waals surface area (Å²) in [6.45, 7) is 2.50. The van der Waals surface area contributed by atoms with E-state index in [0.29, 0.717) is 57.4 Å². The number of aliphatic imine (C=N–C) groups is 1. The van der Waals surface area contributed by atoms with Gasteiger partial charge in [-0.05, 0) is 58.7 Å². The van der Waals surface area contributed by atoms with Gasteiger partial charge in [0.25, 0.3) is 5.91 Å². The topological polar surface area (TPSA) is 80.6 Å². The molecule has 0 spiro atoms. The summed E-state index contributed by atoms with van der Waals surface area (Å²) in [4.78, 5) is 21.7. The summed E-state index contributed by atoms with van der Waals surface area (Å²) in [5, 5.41) is 9.08. The van der Waals surface area contributed by atoms with Crippen LogP contribution in [0.4, 0.5) is 0 Å². The highest BCUT2D eigenvalue weighted by Gasteiger charge is 2.55. The molecule has 0 bridgehead atoms. The number of hydrogen-bond acceptors (Lipinski definition) is 6. The number of halogens is 1. The Balaban J connectivity index is 1.42. The van der Waals surface area contributed by atoms with Crippen molar-refractivity contribution in [2.75, 3.05) is 39.5 Å². The van der Waals surface area contributed by atoms with Gasteiger partial charge in [-0.15, -0.1) is 0 Å². The summed E-state index contributed by atoms with van der Waals surface area (Å²) in [6, 6.07) is 34.0. The maximum Gasteiger partial charge on any atom is 0.255 e. The zero-order valence-corrected chi connectivity index (χ0v) is 26.0. The van der Waals surface area contributed by atoms with Crippen molar-refractivity contribution >= 4 is 27.7 Å². The highest BCUT2D eigenvalue weighted by molar-refractivity contribution is 9.10. The molecule has 8 heteroatoms. The molecule has 2 aliphatic rings. The van der Waals surface area contributed by atoms with E-state index in [2.05, 4.69) is 40.2 Å². The number of aliphatic hydroxyl groups excluding tert-OH is 1. The summed E-state index contributed by atoms with van der Waals surface area (Å²) >= 11 is 3.54. The minimum absolute atomic E-state index is 0.0696. The van der Waals surface area contributed by atoms with Gasteiger partial charge in [-0.2, -0.15) is 0 Å². The van der Waals surface area contributed by atoms with Crippen LogP contribution in [-0.2, 0) is 20.7 Å². The fourth-order valence-corrected chi connectivity index (χ4v) is 5.97. The number of aliphatic hydroxyl groups is 1. The van der Waals surface area contributed by atoms with E-state index in [0.717, 1.165) is 32.3 Å². The Kier molecular flexibility index (Phi) is 9.40. The van der Waals surface area contributed by atoms with E-state index in [9.17, 15) is 4.79 Å². The van der Waals surface area contributed by atoms with Crippen molar-refractivity contribution in [3.63, 3.8) is 0 Å². The van der Waals surface area contributed by atoms with Gasteiger partial charge < -0.3 is 24.2 Å². The number of rotatable bonds is 10. The van der Waals surface area contributed by atoms with E-state index in [1.54, 1.807) is 0 Å². The fourth-order valence-electron chi connectivity index (χ4n) is 5.70. The Morgan fingerprint density at radius 1 is 0.886 bits per heavy atom. The third-order valence-electron chi connectivity index (χ3n) is 8.01. The molecule has 1 saturated heterocycles. The van der Waals surface area contributed by atoms with Crippen LogP contribution < -0.4 is 4.74 Å². The predicted molar refractivity (Wildman–Crippen MR) is 174 cm³/mol. The Morgan fingerprint density at radius 3 is 2.23 bits per heavy atom. The first kappa shape index (κ1) is 30.1. The van der Waals surface area contributed by atoms with Crippen molar-refractivity contribution in [1.29, 1.82) is 0 Å². The lowest BCUT2D eigenvalue weighted by atomic mass is 9.81. The van der Waals surface area contributed by atoms with E-state index in [1.165, 1.54) is 0 Å². The van der Waals surface area contributed by atoms with Crippen LogP contribution in [-0.4, -0.2) is 66.9 Å². The summed E-state index contributed by atoms with van der Waals surface area (Å²) in [7, 11) is 0. The van der Waals surface area contributed by atoms with E-state index < -0.39 is 11.6 Å². The second-order valence-electron chi connectivity index (χ2n) is 11.0. The van der Waals surface area contributed by atoms with Crippen LogP contribution in [0.3, 0.4) is 0 Å². The quantitative estimate of drug-likeness (QED) is 0.205. The maximum absolute atomic E-state index is 14.7. The van der Waals surface area contributed by atoms with Crippen molar-refractivity contribution in [3.8, 4) is 16.9 Å². The molecule has 226 valence electrons. The van der Waals surface area contributed by atoms with Gasteiger partial charge in [0.15, 0.2) is 11.6 Å². The van der Waals surface area contributed by atoms with Gasteiger partial charge in [0.2, 0.25) is 5.90 Å². The highest BCUT2D eigenvalue weighted by Crippen LogP contribution is 2.44. The molecule has 0 aliphatic carbocycles. The lowest BCUT2D eigenvalue weighted by Gasteiger charge is -2.37. The van der Waals surface area contributed by atoms with Crippen molar-refractivity contribution in [2.45, 2.75) is 24.5 Å². The maximum atomic E-state index is 14.7. The van der Waals surface area contributed by atoms with Gasteiger partial charge in [0.1, 0.15) is 5.75 Å². The van der Waals surface area contributed by atoms with E-state index in [4.69, 9.17) is 24.3 Å². The van der Waals surface area contributed by atoms with Crippen LogP contribution in [0.15, 0.2) is 113 Å². The third kappa shape index (κ3) is 6.58. The minimum Gasteiger partial charge on any atom is -0.494 e. The first-order chi connectivity index (χ1) is 21.6. The first-order valence-corrected chi connectivity index (χ1v) is 15.7. The lowest BCUT2D eigenvalue weighted by Crippen LogP contribution is -2.54. The molecular weight excluding hydrogens is 620 g/mol. The molecule has 0 radical (unpaired) electrons. The Hall–Kier alpha value is -3.98. The van der Waals surface area contributed by atoms with Crippen molar-refractivity contribution in [1.82, 2.24) is 4.90 Å². The van der Waals surface area contributed by atoms with E-state index >= 15 is 0 Å². The second kappa shape index (κ2) is 13.8. The Morgan fingerprint density at radius 2 is 1.55 bits per heavy atom. The number of benzene rings is 4. The van der Waals surface area contributed by atoms with Gasteiger partial charge in [-0.25, -0.2) is 4.99 Å². The van der Waals surface area contributed by atoms with Crippen LogP contribution in [0, 0.1) is 0 Å². The average Bonchev–Trinajstić information content (AvgIpc) is 3.47. The molecule has 4 aromatic carbocycles. The molecule has 1 fully saturated rings. The Bertz CT molecular complexity index is 1570. The molecule has 4 aromatic rings. The molecule has 2 atom stereocenters. The molecular formula is C36H35BrN2O5. The molecule has 44 heavy (non-hydrogen) atoms. The van der Waals surface area contributed by atoms with Crippen LogP contribution in [0.25, 0.3) is 11.1 Å². The van der Waals surface area contributed by atoms with Crippen LogP contribution in [0.2, 0.25) is 0 Å². The number of ether oxygens (including phenoxy) is 3. The molecule has 6 rings (SSSR count). The number of amides is 1. The van der Waals surface area contributed by atoms with Crippen LogP contribution in [0.1, 0.15) is 29.2 Å². The number of hydrogen-bond donors (Lipinski definition) is 1. The molecule has 0 aromatic heterocycles. The largest absolute Gasteiger partial charge is 0.494 e. The van der Waals surface area contributed by atoms with Gasteiger partial charge in [0.05, 0.1) is 19.8 Å². The number of carbonyl (C=O) groups excluding carboxylic acids is 1. The lowest BCUT2D eigenvalue weighted by molar-refractivity contribution is -0.143. The Labute approximate surface area is 266 Å². The summed E-state index contributed by atoms with van der Waals surface area (Å²) in [6.07, 6.45) is 0.277. The number of carbonyl (C=O) groups is 1. The SMILES string of the molecule is O=C(N1CCOCC1)[C@]1(Cc2ccc(Br)cc2)N=C(c2ccc(OCCCO)cc2)O[C@@H]1c1ccc(-c2ccccc2)cc1. The van der Waals surface area contributed by atoms with Gasteiger partial charge in [0, 0.05) is 42.6 Å². The standard InChI is InChI=1S/C36H35BrN2O5/c37-31-15-7-26(8-16-31)25-36(35(41)39-19-23-42-24-20-39)33(29-11-9-28(10-12-29)27-5-2-1-3-6-27)44-34(38-36)30-13-17-32(18-14-30)43-22-4-21-40/h1-3,5-18,33,40H,4,19-25H2/t33-,36-/m1/s1. The summed E-state index contributed by atoms with van der Waals surface area (Å²) in [5.41, 5.74) is 3.61. The second-order valence-corrected chi connectivity index (χ2v) is 11.9. The smallest absolute Gasteiger partial charge is 0.255 e. The fraction of sp³-hybridized carbons (Fsp3) is 0.278. The monoisotopic (exact) mass is 654 g/mol. The molecule has 1 amide bonds. The molecule has 2 heterocycles. The van der Waals surface area contributed by atoms with Crippen molar-refractivity contribution in [3.05, 3.63) is 124 Å². The first-order valence-electron chi connectivity index (χ1n) is 14.9. The van der Waals surface area contributed by atoms with E-state index in [-0.39, 0.29) is 12.5 Å². The van der Waals surface area contributed by atoms with E-state index in [1.807, 2.05) is 83.8 Å². The normalized spacial score (nSPS) is 19.7. The highest BCUT2D eigenvalue weighted by atomic mass is 79.9. The summed E-state index contributed by atoms with van der Waals surface area (Å²) in [5.74, 6) is 1.04. The molecule has 0 saturated carbocycles. The van der Waals surface area contributed by atoms with Crippen molar-refractivity contribution < 1.29 is 24.1 Å². The zero-order valence-electron chi connectivity index (χ0n) is 24.4. The van der Waals surface area contributed by atoms with Gasteiger partial charge >= 0.3 is 0 Å². The number of nitrogens with zero attached hydrogens (tertiary/aromatic N) is 2. The van der Waals surface area contributed by atoms with Crippen molar-refractivity contribution in [2.24, 2.45) is 4.99 Å². The average molecular weight is 656 g/mol. The summed E-state index contributed by atoms with van der Waals surface area (Å²) < 4.78 is 19.0. The van der Waals surface area contributed by atoms with Gasteiger partial charge in [-0.3, -0.25) is 4.79 Å². The third-order valence-corrected chi connectivity index (χ3v) is 8.54. The predicted octanol–water partition coefficient (Wildman–Crippen LogP) is 6.24. The molecule has 7 nitrogen and oxygen atoms in total. The zero-order chi connectivity index (χ0) is 30.4. The molecule has 0 unspecified atom stereocenters. The van der Waals surface area contributed by atoms with Crippen LogP contribution >= 0.6 is 15.9 Å².